The van der Waals surface area contributed by atoms with Gasteiger partial charge in [0.15, 0.2) is 0 Å². The van der Waals surface area contributed by atoms with E-state index in [0.29, 0.717) is 62.7 Å². The number of nitrogens with zero attached hydrogens (tertiary/aromatic N) is 2. The number of anilines is 1. The molecule has 0 aromatic heterocycles. The molecule has 4 heterocycles. The van der Waals surface area contributed by atoms with Gasteiger partial charge >= 0.3 is 30.0 Å². The van der Waals surface area contributed by atoms with Crippen molar-refractivity contribution in [3.05, 3.63) is 59.2 Å². The van der Waals surface area contributed by atoms with Crippen molar-refractivity contribution in [1.29, 1.82) is 0 Å². The number of allylic oxidation sites excluding steroid dienone is 1. The molecule has 1 spiro atoms. The fourth-order valence-electron chi connectivity index (χ4n) is 6.49. The second-order valence-electron chi connectivity index (χ2n) is 11.5. The van der Waals surface area contributed by atoms with E-state index in [-0.39, 0.29) is 47.4 Å². The summed E-state index contributed by atoms with van der Waals surface area (Å²) in [5.41, 5.74) is 6.43. The molecule has 18 heteroatoms. The molecular formula is C30H25N3O12S3. The average molecular weight is 716 g/mol. The third-order valence-electron chi connectivity index (χ3n) is 8.74. The number of benzene rings is 1. The number of aliphatic carboxylic acids is 4. The van der Waals surface area contributed by atoms with Crippen molar-refractivity contribution in [2.24, 2.45) is 5.73 Å². The molecule has 1 aliphatic carbocycles. The summed E-state index contributed by atoms with van der Waals surface area (Å²) in [6, 6.07) is 1.62. The number of carboxylic acids is 4. The molecular weight excluding hydrogens is 691 g/mol. The van der Waals surface area contributed by atoms with Crippen LogP contribution >= 0.6 is 35.3 Å². The maximum Gasteiger partial charge on any atom is 0.440 e. The Kier molecular flexibility index (Phi) is 7.75. The first-order valence-electron chi connectivity index (χ1n) is 14.2. The zero-order chi connectivity index (χ0) is 35.2. The lowest BCUT2D eigenvalue weighted by Crippen LogP contribution is -2.56. The topological polar surface area (TPSA) is 242 Å². The molecule has 1 saturated heterocycles. The van der Waals surface area contributed by atoms with Crippen LogP contribution in [0.1, 0.15) is 55.4 Å². The smallest absolute Gasteiger partial charge is 0.440 e. The minimum absolute atomic E-state index is 0.0233. The van der Waals surface area contributed by atoms with Crippen LogP contribution in [0.5, 0.6) is 0 Å². The number of hydroxylamine groups is 2. The van der Waals surface area contributed by atoms with E-state index in [0.717, 1.165) is 0 Å². The van der Waals surface area contributed by atoms with Gasteiger partial charge in [0.05, 0.1) is 16.8 Å². The second-order valence-corrected chi connectivity index (χ2v) is 15.2. The Morgan fingerprint density at radius 2 is 1.50 bits per heavy atom. The van der Waals surface area contributed by atoms with Crippen LogP contribution < -0.4 is 10.6 Å². The summed E-state index contributed by atoms with van der Waals surface area (Å²) in [5, 5.41) is 41.5. The molecule has 1 fully saturated rings. The van der Waals surface area contributed by atoms with Crippen molar-refractivity contribution in [3.63, 3.8) is 0 Å². The summed E-state index contributed by atoms with van der Waals surface area (Å²) < 4.78 is -2.18. The number of imide groups is 1. The average Bonchev–Trinajstić information content (AvgIpc) is 3.68. The summed E-state index contributed by atoms with van der Waals surface area (Å²) in [7, 11) is 0. The first-order valence-corrected chi connectivity index (χ1v) is 16.7. The van der Waals surface area contributed by atoms with E-state index in [9.17, 15) is 54.0 Å². The van der Waals surface area contributed by atoms with Crippen molar-refractivity contribution in [2.75, 3.05) is 4.90 Å². The van der Waals surface area contributed by atoms with E-state index in [1.54, 1.807) is 32.9 Å². The van der Waals surface area contributed by atoms with Gasteiger partial charge in [-0.2, -0.15) is 0 Å². The SMILES string of the molecule is CCC1(C)C2=C(c3cc4c(c(C)c3N1C(=O)ON1C(=O)CCC1=O)C=C(N)C4)C1(SC(C(=O)O)=C(C(=O)O)S1)C(C(=O)O)=C(C(=O)O)S2. The molecule has 1 aromatic rings. The third kappa shape index (κ3) is 4.56. The van der Waals surface area contributed by atoms with Gasteiger partial charge in [0.2, 0.25) is 0 Å². The highest BCUT2D eigenvalue weighted by Crippen LogP contribution is 2.71. The predicted octanol–water partition coefficient (Wildman–Crippen LogP) is 3.48. The van der Waals surface area contributed by atoms with Crippen LogP contribution in [0.25, 0.3) is 11.6 Å². The standard InChI is InChI=1S/C30H25N3O12S3/c1-4-29(3)23-17(30(18(24(36)37)20(46-23)25(38)39)47-21(26(40)41)22(48-30)27(42)43)14-8-11-7-12(31)9-13(11)10(2)19(14)32(29)28(44)45-33-15(34)5-6-16(33)35/h8-9H,4-7,31H2,1-3H3,(H,36,37)(H,38,39)(H,40,41)(H,42,43). The minimum atomic E-state index is -2.18. The number of thioether (sulfide) groups is 3. The van der Waals surface area contributed by atoms with Gasteiger partial charge in [0.1, 0.15) is 18.8 Å². The Morgan fingerprint density at radius 1 is 0.938 bits per heavy atom. The lowest BCUT2D eigenvalue weighted by Gasteiger charge is -2.51. The number of carbonyl (C=O) groups excluding carboxylic acids is 3. The number of carbonyl (C=O) groups is 7. The van der Waals surface area contributed by atoms with Crippen LogP contribution in [0.2, 0.25) is 0 Å². The molecule has 6 N–H and O–H groups in total. The molecule has 250 valence electrons. The van der Waals surface area contributed by atoms with Crippen molar-refractivity contribution in [2.45, 2.75) is 56.1 Å². The first-order chi connectivity index (χ1) is 22.5. The van der Waals surface area contributed by atoms with E-state index >= 15 is 0 Å². The van der Waals surface area contributed by atoms with Gasteiger partial charge in [0, 0.05) is 41.0 Å². The zero-order valence-corrected chi connectivity index (χ0v) is 27.7. The van der Waals surface area contributed by atoms with Crippen LogP contribution in [-0.2, 0) is 40.0 Å². The van der Waals surface area contributed by atoms with Gasteiger partial charge in [-0.3, -0.25) is 14.5 Å². The van der Waals surface area contributed by atoms with E-state index in [2.05, 4.69) is 0 Å². The number of carboxylic acid groups (broad SMARTS) is 4. The fraction of sp³-hybridized carbons (Fsp3) is 0.300. The van der Waals surface area contributed by atoms with Crippen molar-refractivity contribution in [3.8, 4) is 0 Å². The molecule has 0 bridgehead atoms. The molecule has 0 radical (unpaired) electrons. The minimum Gasteiger partial charge on any atom is -0.478 e. The molecule has 0 saturated carbocycles. The molecule has 4 aliphatic heterocycles. The maximum atomic E-state index is 14.2. The highest BCUT2D eigenvalue weighted by Gasteiger charge is 2.62. The molecule has 5 aliphatic rings. The predicted molar refractivity (Wildman–Crippen MR) is 173 cm³/mol. The van der Waals surface area contributed by atoms with Gasteiger partial charge in [-0.15, -0.1) is 5.06 Å². The number of nitrogens with two attached hydrogens (primary N) is 1. The van der Waals surface area contributed by atoms with Gasteiger partial charge in [-0.1, -0.05) is 42.2 Å². The number of fused-ring (bicyclic) bond motifs is 4. The highest BCUT2D eigenvalue weighted by atomic mass is 32.2. The van der Waals surface area contributed by atoms with Gasteiger partial charge in [-0.05, 0) is 49.1 Å². The van der Waals surface area contributed by atoms with Gasteiger partial charge < -0.3 is 31.0 Å². The Morgan fingerprint density at radius 3 is 2.00 bits per heavy atom. The summed E-state index contributed by atoms with van der Waals surface area (Å²) in [5.74, 6) is -8.22. The molecule has 1 unspecified atom stereocenters. The van der Waals surface area contributed by atoms with Gasteiger partial charge in [-0.25, -0.2) is 24.0 Å². The second kappa shape index (κ2) is 11.2. The molecule has 6 rings (SSSR count). The zero-order valence-electron chi connectivity index (χ0n) is 25.2. The lowest BCUT2D eigenvalue weighted by atomic mass is 9.79. The third-order valence-corrected chi connectivity index (χ3v) is 13.4. The summed E-state index contributed by atoms with van der Waals surface area (Å²) >= 11 is 1.33. The largest absolute Gasteiger partial charge is 0.478 e. The molecule has 48 heavy (non-hydrogen) atoms. The van der Waals surface area contributed by atoms with Crippen LogP contribution in [0, 0.1) is 6.92 Å². The fourth-order valence-corrected chi connectivity index (χ4v) is 11.4. The Balaban J connectivity index is 1.71. The van der Waals surface area contributed by atoms with Crippen LogP contribution in [0.3, 0.4) is 0 Å². The van der Waals surface area contributed by atoms with Gasteiger partial charge in [0.25, 0.3) is 11.8 Å². The quantitative estimate of drug-likeness (QED) is 0.265. The lowest BCUT2D eigenvalue weighted by molar-refractivity contribution is -0.171. The van der Waals surface area contributed by atoms with Crippen molar-refractivity contribution in [1.82, 2.24) is 5.06 Å². The molecule has 1 atom stereocenters. The normalized spacial score (nSPS) is 22.6. The van der Waals surface area contributed by atoms with E-state index < -0.39 is 71.7 Å². The van der Waals surface area contributed by atoms with Crippen LogP contribution in [0.15, 0.2) is 37.0 Å². The van der Waals surface area contributed by atoms with E-state index in [1.165, 1.54) is 4.90 Å². The van der Waals surface area contributed by atoms with Crippen molar-refractivity contribution < 1.29 is 58.8 Å². The van der Waals surface area contributed by atoms with Crippen molar-refractivity contribution >= 4 is 94.4 Å². The summed E-state index contributed by atoms with van der Waals surface area (Å²) in [4.78, 5) is 94.4. The Labute approximate surface area is 283 Å². The van der Waals surface area contributed by atoms with E-state index in [4.69, 9.17) is 10.6 Å². The van der Waals surface area contributed by atoms with E-state index in [1.807, 2.05) is 0 Å². The summed E-state index contributed by atoms with van der Waals surface area (Å²) in [6.07, 6.45) is 0.437. The molecule has 1 aromatic carbocycles. The highest BCUT2D eigenvalue weighted by molar-refractivity contribution is 8.26. The molecule has 15 nitrogen and oxygen atoms in total. The first kappa shape index (κ1) is 33.2. The molecule has 3 amide bonds. The Bertz CT molecular complexity index is 1940. The number of hydrogen-bond acceptors (Lipinski definition) is 12. The number of hydrogen-bond donors (Lipinski definition) is 5. The maximum absolute atomic E-state index is 14.2. The Hall–Kier alpha value is -4.68. The van der Waals surface area contributed by atoms with Crippen LogP contribution in [-0.4, -0.2) is 76.9 Å². The summed E-state index contributed by atoms with van der Waals surface area (Å²) in [6.45, 7) is 4.88. The number of amides is 3. The monoisotopic (exact) mass is 715 g/mol. The number of rotatable bonds is 6. The van der Waals surface area contributed by atoms with Crippen LogP contribution in [0.4, 0.5) is 10.5 Å².